The van der Waals surface area contributed by atoms with Gasteiger partial charge in [-0.25, -0.2) is 4.98 Å². The molecule has 1 saturated heterocycles. The van der Waals surface area contributed by atoms with Gasteiger partial charge in [0.15, 0.2) is 5.79 Å². The molecule has 0 aromatic carbocycles. The van der Waals surface area contributed by atoms with Crippen molar-refractivity contribution >= 4 is 5.82 Å². The molecule has 2 rings (SSSR count). The zero-order valence-electron chi connectivity index (χ0n) is 9.12. The number of nitrogens with zero attached hydrogens (tertiary/aromatic N) is 1. The molecule has 0 radical (unpaired) electrons. The Morgan fingerprint density at radius 2 is 2.20 bits per heavy atom. The molecule has 1 fully saturated rings. The normalized spacial score (nSPS) is 19.1. The topological polar surface area (TPSA) is 43.4 Å². The highest BCUT2D eigenvalue weighted by atomic mass is 16.7. The molecular weight excluding hydrogens is 192 g/mol. The van der Waals surface area contributed by atoms with Crippen LogP contribution in [0.4, 0.5) is 5.82 Å². The Labute approximate surface area is 89.6 Å². The fourth-order valence-electron chi connectivity index (χ4n) is 1.67. The van der Waals surface area contributed by atoms with Crippen LogP contribution in [0.1, 0.15) is 19.4 Å². The standard InChI is InChI=1S/C11H16N2O2/c1-3-12-10-8-9(4-5-13-10)11(2)14-6-7-15-11/h4-5,8H,3,6-7H2,1-2H3,(H,12,13). The Hall–Kier alpha value is -1.13. The van der Waals surface area contributed by atoms with Gasteiger partial charge < -0.3 is 14.8 Å². The van der Waals surface area contributed by atoms with Crippen LogP contribution in [0, 0.1) is 0 Å². The minimum Gasteiger partial charge on any atom is -0.370 e. The van der Waals surface area contributed by atoms with Crippen LogP contribution >= 0.6 is 0 Å². The summed E-state index contributed by atoms with van der Waals surface area (Å²) in [5, 5.41) is 3.17. The van der Waals surface area contributed by atoms with Gasteiger partial charge in [-0.05, 0) is 26.0 Å². The monoisotopic (exact) mass is 208 g/mol. The van der Waals surface area contributed by atoms with Crippen LogP contribution in [0.25, 0.3) is 0 Å². The molecular formula is C11H16N2O2. The average Bonchev–Trinajstić information content (AvgIpc) is 2.68. The Bertz CT molecular complexity index is 335. The molecule has 1 aromatic heterocycles. The molecule has 0 saturated carbocycles. The van der Waals surface area contributed by atoms with Crippen LogP contribution in [-0.2, 0) is 15.3 Å². The minimum absolute atomic E-state index is 0.604. The predicted molar refractivity (Wildman–Crippen MR) is 57.7 cm³/mol. The SMILES string of the molecule is CCNc1cc(C2(C)OCCO2)ccn1. The lowest BCUT2D eigenvalue weighted by molar-refractivity contribution is -0.149. The van der Waals surface area contributed by atoms with Gasteiger partial charge in [-0.2, -0.15) is 0 Å². The van der Waals surface area contributed by atoms with E-state index < -0.39 is 5.79 Å². The van der Waals surface area contributed by atoms with Gasteiger partial charge in [-0.1, -0.05) is 0 Å². The van der Waals surface area contributed by atoms with Crippen molar-refractivity contribution in [2.45, 2.75) is 19.6 Å². The van der Waals surface area contributed by atoms with Gasteiger partial charge in [0.2, 0.25) is 0 Å². The van der Waals surface area contributed by atoms with Crippen LogP contribution in [0.3, 0.4) is 0 Å². The lowest BCUT2D eigenvalue weighted by atomic mass is 10.1. The molecule has 0 spiro atoms. The second-order valence-corrected chi connectivity index (χ2v) is 3.60. The maximum absolute atomic E-state index is 5.58. The Balaban J connectivity index is 2.23. The number of aromatic nitrogens is 1. The van der Waals surface area contributed by atoms with E-state index in [1.54, 1.807) is 6.20 Å². The number of ether oxygens (including phenoxy) is 2. The summed E-state index contributed by atoms with van der Waals surface area (Å²) < 4.78 is 11.2. The van der Waals surface area contributed by atoms with Crippen LogP contribution in [0.15, 0.2) is 18.3 Å². The zero-order chi connectivity index (χ0) is 10.7. The van der Waals surface area contributed by atoms with E-state index in [-0.39, 0.29) is 0 Å². The fourth-order valence-corrected chi connectivity index (χ4v) is 1.67. The van der Waals surface area contributed by atoms with Crippen LogP contribution in [0.5, 0.6) is 0 Å². The molecule has 1 aliphatic heterocycles. The molecule has 0 amide bonds. The second kappa shape index (κ2) is 4.16. The van der Waals surface area contributed by atoms with Gasteiger partial charge in [0, 0.05) is 18.3 Å². The molecule has 1 N–H and O–H groups in total. The summed E-state index contributed by atoms with van der Waals surface area (Å²) in [5.74, 6) is 0.253. The first-order valence-corrected chi connectivity index (χ1v) is 5.23. The van der Waals surface area contributed by atoms with Crippen molar-refractivity contribution in [3.05, 3.63) is 23.9 Å². The number of hydrogen-bond acceptors (Lipinski definition) is 4. The molecule has 4 nitrogen and oxygen atoms in total. The van der Waals surface area contributed by atoms with E-state index in [0.29, 0.717) is 13.2 Å². The van der Waals surface area contributed by atoms with Crippen molar-refractivity contribution in [2.75, 3.05) is 25.1 Å². The molecule has 15 heavy (non-hydrogen) atoms. The van der Waals surface area contributed by atoms with E-state index in [4.69, 9.17) is 9.47 Å². The van der Waals surface area contributed by atoms with E-state index in [1.165, 1.54) is 0 Å². The van der Waals surface area contributed by atoms with Gasteiger partial charge in [-0.3, -0.25) is 0 Å². The van der Waals surface area contributed by atoms with Gasteiger partial charge in [0.25, 0.3) is 0 Å². The summed E-state index contributed by atoms with van der Waals surface area (Å²) in [6.07, 6.45) is 1.77. The highest BCUT2D eigenvalue weighted by Gasteiger charge is 2.33. The van der Waals surface area contributed by atoms with E-state index in [0.717, 1.165) is 17.9 Å². The van der Waals surface area contributed by atoms with Crippen molar-refractivity contribution in [1.82, 2.24) is 4.98 Å². The number of rotatable bonds is 3. The smallest absolute Gasteiger partial charge is 0.192 e. The van der Waals surface area contributed by atoms with Crippen molar-refractivity contribution in [3.63, 3.8) is 0 Å². The Morgan fingerprint density at radius 1 is 1.47 bits per heavy atom. The summed E-state index contributed by atoms with van der Waals surface area (Å²) in [5.41, 5.74) is 1.01. The van der Waals surface area contributed by atoms with Crippen LogP contribution in [0.2, 0.25) is 0 Å². The first kappa shape index (κ1) is 10.4. The maximum atomic E-state index is 5.58. The van der Waals surface area contributed by atoms with Crippen LogP contribution < -0.4 is 5.32 Å². The van der Waals surface area contributed by atoms with Gasteiger partial charge in [0.05, 0.1) is 13.2 Å². The lowest BCUT2D eigenvalue weighted by Gasteiger charge is -2.22. The molecule has 1 aromatic rings. The number of pyridine rings is 1. The van der Waals surface area contributed by atoms with E-state index in [2.05, 4.69) is 10.3 Å². The molecule has 0 unspecified atom stereocenters. The molecule has 0 atom stereocenters. The summed E-state index contributed by atoms with van der Waals surface area (Å²) in [4.78, 5) is 4.21. The number of nitrogens with one attached hydrogen (secondary N) is 1. The molecule has 0 aliphatic carbocycles. The number of anilines is 1. The summed E-state index contributed by atoms with van der Waals surface area (Å²) in [6, 6.07) is 3.89. The lowest BCUT2D eigenvalue weighted by Crippen LogP contribution is -2.22. The van der Waals surface area contributed by atoms with E-state index >= 15 is 0 Å². The highest BCUT2D eigenvalue weighted by Crippen LogP contribution is 2.31. The highest BCUT2D eigenvalue weighted by molar-refractivity contribution is 5.38. The van der Waals surface area contributed by atoms with E-state index in [1.807, 2.05) is 26.0 Å². The first-order valence-electron chi connectivity index (χ1n) is 5.23. The Kier molecular flexibility index (Phi) is 2.88. The third-order valence-corrected chi connectivity index (χ3v) is 2.48. The maximum Gasteiger partial charge on any atom is 0.192 e. The van der Waals surface area contributed by atoms with E-state index in [9.17, 15) is 0 Å². The third kappa shape index (κ3) is 2.11. The largest absolute Gasteiger partial charge is 0.370 e. The predicted octanol–water partition coefficient (Wildman–Crippen LogP) is 1.73. The summed E-state index contributed by atoms with van der Waals surface area (Å²) in [7, 11) is 0. The van der Waals surface area contributed by atoms with Crippen molar-refractivity contribution in [1.29, 1.82) is 0 Å². The van der Waals surface area contributed by atoms with Crippen LogP contribution in [-0.4, -0.2) is 24.7 Å². The quantitative estimate of drug-likeness (QED) is 0.821. The molecule has 82 valence electrons. The third-order valence-electron chi connectivity index (χ3n) is 2.48. The molecule has 2 heterocycles. The first-order chi connectivity index (χ1) is 7.24. The van der Waals surface area contributed by atoms with Crippen molar-refractivity contribution in [3.8, 4) is 0 Å². The molecule has 1 aliphatic rings. The molecule has 4 heteroatoms. The molecule has 0 bridgehead atoms. The van der Waals surface area contributed by atoms with Crippen molar-refractivity contribution < 1.29 is 9.47 Å². The minimum atomic E-state index is -0.604. The van der Waals surface area contributed by atoms with Gasteiger partial charge in [-0.15, -0.1) is 0 Å². The second-order valence-electron chi connectivity index (χ2n) is 3.60. The average molecular weight is 208 g/mol. The summed E-state index contributed by atoms with van der Waals surface area (Å²) >= 11 is 0. The van der Waals surface area contributed by atoms with Gasteiger partial charge >= 0.3 is 0 Å². The summed E-state index contributed by atoms with van der Waals surface area (Å²) in [6.45, 7) is 6.13. The Morgan fingerprint density at radius 3 is 2.87 bits per heavy atom. The van der Waals surface area contributed by atoms with Gasteiger partial charge in [0.1, 0.15) is 5.82 Å². The zero-order valence-corrected chi connectivity index (χ0v) is 9.12. The van der Waals surface area contributed by atoms with Crippen molar-refractivity contribution in [2.24, 2.45) is 0 Å². The fraction of sp³-hybridized carbons (Fsp3) is 0.545. The number of hydrogen-bond donors (Lipinski definition) is 1.